The van der Waals surface area contributed by atoms with Crippen LogP contribution in [0.25, 0.3) is 0 Å². The number of nitrogens with one attached hydrogen (secondary N) is 1. The van der Waals surface area contributed by atoms with Crippen LogP contribution in [0, 0.1) is 5.92 Å². The van der Waals surface area contributed by atoms with E-state index >= 15 is 0 Å². The van der Waals surface area contributed by atoms with Crippen LogP contribution in [0.5, 0.6) is 0 Å². The Bertz CT molecular complexity index is 125. The predicted octanol–water partition coefficient (Wildman–Crippen LogP) is 1.63. The smallest absolute Gasteiger partial charge is 0.0700 e. The minimum atomic E-state index is 0.693. The third kappa shape index (κ3) is 12.2. The first kappa shape index (κ1) is 15.2. The van der Waals surface area contributed by atoms with Gasteiger partial charge in [-0.05, 0) is 37.4 Å². The molecule has 0 bridgehead atoms. The van der Waals surface area contributed by atoms with E-state index in [2.05, 4.69) is 18.5 Å². The highest BCUT2D eigenvalue weighted by atomic mass is 32.2. The molecule has 0 aliphatic rings. The second-order valence-corrected chi connectivity index (χ2v) is 4.63. The first-order valence-electron chi connectivity index (χ1n) is 5.57. The van der Waals surface area contributed by atoms with Gasteiger partial charge in [-0.3, -0.25) is 0 Å². The van der Waals surface area contributed by atoms with Crippen LogP contribution >= 0.6 is 11.8 Å². The van der Waals surface area contributed by atoms with Crippen LogP contribution < -0.4 is 5.32 Å². The number of ether oxygens (including phenoxy) is 2. The number of hydrogen-bond donors (Lipinski definition) is 1. The van der Waals surface area contributed by atoms with Crippen molar-refractivity contribution in [1.82, 2.24) is 5.32 Å². The molecule has 0 aliphatic heterocycles. The van der Waals surface area contributed by atoms with Gasteiger partial charge in [-0.2, -0.15) is 11.8 Å². The molecule has 0 heterocycles. The molecule has 0 amide bonds. The predicted molar refractivity (Wildman–Crippen MR) is 67.7 cm³/mol. The van der Waals surface area contributed by atoms with Crippen molar-refractivity contribution in [1.29, 1.82) is 0 Å². The van der Waals surface area contributed by atoms with Gasteiger partial charge in [-0.25, -0.2) is 0 Å². The standard InChI is InChI=1S/C11H25NO2S/c1-11(10-15-3)9-12-5-4-6-14-8-7-13-2/h11-12H,4-10H2,1-3H3. The molecular weight excluding hydrogens is 210 g/mol. The largest absolute Gasteiger partial charge is 0.382 e. The quantitative estimate of drug-likeness (QED) is 0.551. The molecule has 0 aromatic rings. The van der Waals surface area contributed by atoms with Gasteiger partial charge in [-0.15, -0.1) is 0 Å². The van der Waals surface area contributed by atoms with E-state index in [0.29, 0.717) is 13.2 Å². The van der Waals surface area contributed by atoms with Crippen LogP contribution in [0.3, 0.4) is 0 Å². The summed E-state index contributed by atoms with van der Waals surface area (Å²) < 4.78 is 10.2. The maximum Gasteiger partial charge on any atom is 0.0700 e. The Balaban J connectivity index is 2.98. The van der Waals surface area contributed by atoms with E-state index in [1.54, 1.807) is 7.11 Å². The number of hydrogen-bond acceptors (Lipinski definition) is 4. The monoisotopic (exact) mass is 235 g/mol. The molecule has 0 aliphatic carbocycles. The molecule has 1 atom stereocenters. The van der Waals surface area contributed by atoms with E-state index in [1.807, 2.05) is 11.8 Å². The SMILES string of the molecule is COCCOCCCNCC(C)CSC. The topological polar surface area (TPSA) is 30.5 Å². The molecule has 1 unspecified atom stereocenters. The summed E-state index contributed by atoms with van der Waals surface area (Å²) >= 11 is 1.91. The normalized spacial score (nSPS) is 13.0. The summed E-state index contributed by atoms with van der Waals surface area (Å²) in [5, 5.41) is 3.44. The highest BCUT2D eigenvalue weighted by molar-refractivity contribution is 7.98. The molecule has 0 saturated heterocycles. The Labute approximate surface area is 98.3 Å². The fourth-order valence-corrected chi connectivity index (χ4v) is 1.92. The van der Waals surface area contributed by atoms with Crippen molar-refractivity contribution in [2.45, 2.75) is 13.3 Å². The molecule has 0 aromatic carbocycles. The summed E-state index contributed by atoms with van der Waals surface area (Å²) in [6, 6.07) is 0. The van der Waals surface area contributed by atoms with Gasteiger partial charge in [0.25, 0.3) is 0 Å². The molecule has 1 N–H and O–H groups in total. The maximum atomic E-state index is 5.36. The van der Waals surface area contributed by atoms with Gasteiger partial charge in [0.2, 0.25) is 0 Å². The minimum absolute atomic E-state index is 0.693. The molecule has 0 radical (unpaired) electrons. The highest BCUT2D eigenvalue weighted by Gasteiger charge is 1.99. The first-order valence-corrected chi connectivity index (χ1v) is 6.97. The number of methoxy groups -OCH3 is 1. The minimum Gasteiger partial charge on any atom is -0.382 e. The molecule has 15 heavy (non-hydrogen) atoms. The van der Waals surface area contributed by atoms with Crippen LogP contribution in [0.15, 0.2) is 0 Å². The van der Waals surface area contributed by atoms with Crippen molar-refractivity contribution < 1.29 is 9.47 Å². The molecular formula is C11H25NO2S. The Morgan fingerprint density at radius 2 is 2.07 bits per heavy atom. The van der Waals surface area contributed by atoms with Crippen molar-refractivity contribution in [2.75, 3.05) is 52.0 Å². The molecule has 92 valence electrons. The van der Waals surface area contributed by atoms with E-state index in [1.165, 1.54) is 5.75 Å². The van der Waals surface area contributed by atoms with Gasteiger partial charge < -0.3 is 14.8 Å². The number of thioether (sulfide) groups is 1. The van der Waals surface area contributed by atoms with Crippen LogP contribution in [0.2, 0.25) is 0 Å². The molecule has 0 fully saturated rings. The van der Waals surface area contributed by atoms with Gasteiger partial charge in [0, 0.05) is 13.7 Å². The molecule has 3 nitrogen and oxygen atoms in total. The van der Waals surface area contributed by atoms with Crippen LogP contribution in [0.4, 0.5) is 0 Å². The van der Waals surface area contributed by atoms with E-state index in [-0.39, 0.29) is 0 Å². The van der Waals surface area contributed by atoms with Crippen LogP contribution in [0.1, 0.15) is 13.3 Å². The summed E-state index contributed by atoms with van der Waals surface area (Å²) in [4.78, 5) is 0. The lowest BCUT2D eigenvalue weighted by Crippen LogP contribution is -2.24. The first-order chi connectivity index (χ1) is 7.31. The van der Waals surface area contributed by atoms with Crippen molar-refractivity contribution in [2.24, 2.45) is 5.92 Å². The average Bonchev–Trinajstić information content (AvgIpc) is 2.22. The van der Waals surface area contributed by atoms with E-state index < -0.39 is 0 Å². The average molecular weight is 235 g/mol. The fraction of sp³-hybridized carbons (Fsp3) is 1.00. The van der Waals surface area contributed by atoms with Crippen molar-refractivity contribution >= 4 is 11.8 Å². The Kier molecular flexibility index (Phi) is 12.5. The van der Waals surface area contributed by atoms with E-state index in [0.717, 1.165) is 32.0 Å². The van der Waals surface area contributed by atoms with Gasteiger partial charge in [0.05, 0.1) is 13.2 Å². The van der Waals surface area contributed by atoms with Crippen molar-refractivity contribution in [3.63, 3.8) is 0 Å². The van der Waals surface area contributed by atoms with Gasteiger partial charge in [-0.1, -0.05) is 6.92 Å². The second-order valence-electron chi connectivity index (χ2n) is 3.72. The lowest BCUT2D eigenvalue weighted by Gasteiger charge is -2.10. The summed E-state index contributed by atoms with van der Waals surface area (Å²) in [7, 11) is 1.69. The van der Waals surface area contributed by atoms with Crippen molar-refractivity contribution in [3.05, 3.63) is 0 Å². The zero-order valence-electron chi connectivity index (χ0n) is 10.3. The Morgan fingerprint density at radius 3 is 2.73 bits per heavy atom. The van der Waals surface area contributed by atoms with Gasteiger partial charge in [0.15, 0.2) is 0 Å². The molecule has 0 rings (SSSR count). The molecule has 0 spiro atoms. The Morgan fingerprint density at radius 1 is 1.27 bits per heavy atom. The molecule has 0 saturated carbocycles. The summed E-state index contributed by atoms with van der Waals surface area (Å²) in [5.41, 5.74) is 0. The van der Waals surface area contributed by atoms with Gasteiger partial charge >= 0.3 is 0 Å². The number of rotatable bonds is 11. The van der Waals surface area contributed by atoms with Crippen LogP contribution in [-0.2, 0) is 9.47 Å². The zero-order chi connectivity index (χ0) is 11.4. The molecule has 4 heteroatoms. The fourth-order valence-electron chi connectivity index (χ4n) is 1.24. The third-order valence-electron chi connectivity index (χ3n) is 2.02. The highest BCUT2D eigenvalue weighted by Crippen LogP contribution is 2.02. The van der Waals surface area contributed by atoms with E-state index in [9.17, 15) is 0 Å². The zero-order valence-corrected chi connectivity index (χ0v) is 11.1. The Hall–Kier alpha value is 0.230. The van der Waals surface area contributed by atoms with Crippen molar-refractivity contribution in [3.8, 4) is 0 Å². The second kappa shape index (κ2) is 12.3. The summed E-state index contributed by atoms with van der Waals surface area (Å²) in [5.74, 6) is 1.99. The third-order valence-corrected chi connectivity index (χ3v) is 2.92. The summed E-state index contributed by atoms with van der Waals surface area (Å²) in [6.07, 6.45) is 3.23. The van der Waals surface area contributed by atoms with Gasteiger partial charge in [0.1, 0.15) is 0 Å². The molecule has 0 aromatic heterocycles. The maximum absolute atomic E-state index is 5.36. The van der Waals surface area contributed by atoms with E-state index in [4.69, 9.17) is 9.47 Å². The van der Waals surface area contributed by atoms with Crippen LogP contribution in [-0.4, -0.2) is 52.0 Å². The lowest BCUT2D eigenvalue weighted by molar-refractivity contribution is 0.0694. The lowest BCUT2D eigenvalue weighted by atomic mass is 10.2. The summed E-state index contributed by atoms with van der Waals surface area (Å²) in [6.45, 7) is 6.66.